The van der Waals surface area contributed by atoms with Gasteiger partial charge in [-0.1, -0.05) is 42.5 Å². The molecule has 1 aliphatic rings. The molecule has 5 rings (SSSR count). The number of nitriles is 1. The van der Waals surface area contributed by atoms with Crippen molar-refractivity contribution in [2.45, 2.75) is 24.4 Å². The van der Waals surface area contributed by atoms with Crippen molar-refractivity contribution in [1.29, 1.82) is 5.26 Å². The summed E-state index contributed by atoms with van der Waals surface area (Å²) in [5.74, 6) is -1.10. The van der Waals surface area contributed by atoms with Crippen LogP contribution in [0, 0.1) is 17.1 Å². The van der Waals surface area contributed by atoms with Gasteiger partial charge < -0.3 is 5.32 Å². The second-order valence-corrected chi connectivity index (χ2v) is 11.6. The van der Waals surface area contributed by atoms with Gasteiger partial charge in [-0.15, -0.1) is 11.3 Å². The van der Waals surface area contributed by atoms with Crippen molar-refractivity contribution in [2.75, 3.05) is 16.6 Å². The zero-order chi connectivity index (χ0) is 26.7. The van der Waals surface area contributed by atoms with Crippen LogP contribution in [0.1, 0.15) is 31.9 Å². The molecule has 1 amide bonds. The topological polar surface area (TPSA) is 102 Å². The minimum absolute atomic E-state index is 0.0724. The Labute approximate surface area is 224 Å². The number of halogens is 1. The number of hydrogen-bond donors (Lipinski definition) is 2. The van der Waals surface area contributed by atoms with E-state index in [4.69, 9.17) is 0 Å². The van der Waals surface area contributed by atoms with Gasteiger partial charge in [0.15, 0.2) is 0 Å². The van der Waals surface area contributed by atoms with Crippen LogP contribution in [-0.4, -0.2) is 25.8 Å². The van der Waals surface area contributed by atoms with Crippen LogP contribution in [0.3, 0.4) is 0 Å². The molecule has 2 N–H and O–H groups in total. The zero-order valence-electron chi connectivity index (χ0n) is 20.1. The fourth-order valence-electron chi connectivity index (χ4n) is 4.40. The molecule has 192 valence electrons. The lowest BCUT2D eigenvalue weighted by molar-refractivity contribution is 0.102. The van der Waals surface area contributed by atoms with E-state index in [-0.39, 0.29) is 16.1 Å². The number of sulfonamides is 1. The molecule has 0 atom stereocenters. The van der Waals surface area contributed by atoms with Crippen LogP contribution in [0.15, 0.2) is 83.8 Å². The van der Waals surface area contributed by atoms with Crippen LogP contribution < -0.4 is 10.0 Å². The smallest absolute Gasteiger partial charge is 0.261 e. The summed E-state index contributed by atoms with van der Waals surface area (Å²) in [6, 6.07) is 23.0. The highest BCUT2D eigenvalue weighted by Gasteiger charge is 2.26. The molecule has 0 radical (unpaired) electrons. The molecule has 0 unspecified atom stereocenters. The standard InChI is InChI=1S/C28H23FN4O3S2/c29-20-10-12-21(13-11-20)38(35,36)32-25-9-5-4-8-23(25)27(34)31-28-24(16-30)22-14-15-33(18-26(22)37-28)17-19-6-2-1-3-7-19/h1-13,32H,14-15,17-18H2,(H,31,34). The van der Waals surface area contributed by atoms with Crippen molar-refractivity contribution in [2.24, 2.45) is 0 Å². The van der Waals surface area contributed by atoms with Gasteiger partial charge in [0.2, 0.25) is 0 Å². The maximum absolute atomic E-state index is 13.3. The number of carbonyl (C=O) groups excluding carboxylic acids is 1. The minimum Gasteiger partial charge on any atom is -0.312 e. The largest absolute Gasteiger partial charge is 0.312 e. The molecule has 3 aromatic carbocycles. The van der Waals surface area contributed by atoms with Gasteiger partial charge in [-0.05, 0) is 53.9 Å². The number of hydrogen-bond acceptors (Lipinski definition) is 6. The Balaban J connectivity index is 1.36. The highest BCUT2D eigenvalue weighted by Crippen LogP contribution is 2.37. The van der Waals surface area contributed by atoms with E-state index in [9.17, 15) is 22.9 Å². The van der Waals surface area contributed by atoms with E-state index in [0.29, 0.717) is 23.5 Å². The number of nitrogens with one attached hydrogen (secondary N) is 2. The number of anilines is 2. The van der Waals surface area contributed by atoms with Crippen LogP contribution in [0.2, 0.25) is 0 Å². The first-order chi connectivity index (χ1) is 18.3. The summed E-state index contributed by atoms with van der Waals surface area (Å²) in [4.78, 5) is 16.5. The van der Waals surface area contributed by atoms with Crippen molar-refractivity contribution >= 4 is 38.0 Å². The maximum atomic E-state index is 13.3. The fraction of sp³-hybridized carbons (Fsp3) is 0.143. The van der Waals surface area contributed by atoms with Gasteiger partial charge in [-0.3, -0.25) is 14.4 Å². The number of amides is 1. The molecule has 0 saturated heterocycles. The lowest BCUT2D eigenvalue weighted by Crippen LogP contribution is -2.29. The highest BCUT2D eigenvalue weighted by atomic mass is 32.2. The SMILES string of the molecule is N#Cc1c(NC(=O)c2ccccc2NS(=O)(=O)c2ccc(F)cc2)sc2c1CCN(Cc1ccccc1)C2. The molecular formula is C28H23FN4O3S2. The van der Waals surface area contributed by atoms with E-state index in [1.54, 1.807) is 12.1 Å². The average Bonchev–Trinajstić information content (AvgIpc) is 3.25. The third-order valence-corrected chi connectivity index (χ3v) is 8.78. The summed E-state index contributed by atoms with van der Waals surface area (Å²) in [6.07, 6.45) is 0.700. The number of fused-ring (bicyclic) bond motifs is 1. The molecule has 0 bridgehead atoms. The molecule has 2 heterocycles. The van der Waals surface area contributed by atoms with Crippen LogP contribution in [0.5, 0.6) is 0 Å². The predicted molar refractivity (Wildman–Crippen MR) is 145 cm³/mol. The van der Waals surface area contributed by atoms with Gasteiger partial charge in [-0.2, -0.15) is 5.26 Å². The Morgan fingerprint density at radius 2 is 1.74 bits per heavy atom. The summed E-state index contributed by atoms with van der Waals surface area (Å²) in [7, 11) is -4.06. The van der Waals surface area contributed by atoms with Crippen LogP contribution >= 0.6 is 11.3 Å². The lowest BCUT2D eigenvalue weighted by Gasteiger charge is -2.26. The van der Waals surface area contributed by atoms with Gasteiger partial charge in [0.1, 0.15) is 16.9 Å². The maximum Gasteiger partial charge on any atom is 0.261 e. The van der Waals surface area contributed by atoms with Crippen molar-refractivity contribution < 1.29 is 17.6 Å². The quantitative estimate of drug-likeness (QED) is 0.325. The monoisotopic (exact) mass is 546 g/mol. The lowest BCUT2D eigenvalue weighted by atomic mass is 10.0. The third kappa shape index (κ3) is 5.45. The fourth-order valence-corrected chi connectivity index (χ4v) is 6.71. The molecule has 0 aliphatic carbocycles. The first kappa shape index (κ1) is 25.6. The van der Waals surface area contributed by atoms with E-state index >= 15 is 0 Å². The van der Waals surface area contributed by atoms with Gasteiger partial charge in [-0.25, -0.2) is 12.8 Å². The normalized spacial score (nSPS) is 13.4. The summed E-state index contributed by atoms with van der Waals surface area (Å²) < 4.78 is 41.3. The van der Waals surface area contributed by atoms with Crippen molar-refractivity contribution in [3.63, 3.8) is 0 Å². The summed E-state index contributed by atoms with van der Waals surface area (Å²) in [5, 5.41) is 13.1. The Morgan fingerprint density at radius 1 is 1.03 bits per heavy atom. The molecule has 0 fully saturated rings. The Hall–Kier alpha value is -4.04. The van der Waals surface area contributed by atoms with Gasteiger partial charge in [0.05, 0.1) is 21.7 Å². The number of thiophene rings is 1. The summed E-state index contributed by atoms with van der Waals surface area (Å²) in [6.45, 7) is 2.27. The second kappa shape index (κ2) is 10.8. The van der Waals surface area contributed by atoms with Gasteiger partial charge in [0.25, 0.3) is 15.9 Å². The molecule has 1 aromatic heterocycles. The number of rotatable bonds is 7. The first-order valence-corrected chi connectivity index (χ1v) is 14.1. The highest BCUT2D eigenvalue weighted by molar-refractivity contribution is 7.92. The Morgan fingerprint density at radius 3 is 2.47 bits per heavy atom. The molecule has 38 heavy (non-hydrogen) atoms. The summed E-state index contributed by atoms with van der Waals surface area (Å²) >= 11 is 1.37. The molecule has 0 spiro atoms. The van der Waals surface area contributed by atoms with Crippen LogP contribution in [0.4, 0.5) is 15.1 Å². The number of nitrogens with zero attached hydrogens (tertiary/aromatic N) is 2. The van der Waals surface area contributed by atoms with Crippen LogP contribution in [0.25, 0.3) is 0 Å². The molecule has 10 heteroatoms. The van der Waals surface area contributed by atoms with Crippen molar-refractivity contribution in [1.82, 2.24) is 4.90 Å². The third-order valence-electron chi connectivity index (χ3n) is 6.26. The van der Waals surface area contributed by atoms with Gasteiger partial charge in [0, 0.05) is 24.5 Å². The summed E-state index contributed by atoms with van der Waals surface area (Å²) in [5.41, 5.74) is 2.77. The van der Waals surface area contributed by atoms with Gasteiger partial charge >= 0.3 is 0 Å². The molecular weight excluding hydrogens is 523 g/mol. The van der Waals surface area contributed by atoms with E-state index in [1.165, 1.54) is 29.0 Å². The van der Waals surface area contributed by atoms with E-state index in [1.807, 2.05) is 18.2 Å². The minimum atomic E-state index is -4.06. The first-order valence-electron chi connectivity index (χ1n) is 11.8. The zero-order valence-corrected chi connectivity index (χ0v) is 21.8. The predicted octanol–water partition coefficient (Wildman–Crippen LogP) is 5.37. The Kier molecular flexibility index (Phi) is 7.24. The van der Waals surface area contributed by atoms with Crippen molar-refractivity contribution in [3.8, 4) is 6.07 Å². The number of para-hydroxylation sites is 1. The van der Waals surface area contributed by atoms with E-state index in [2.05, 4.69) is 33.1 Å². The molecule has 1 aliphatic heterocycles. The van der Waals surface area contributed by atoms with E-state index in [0.717, 1.165) is 47.8 Å². The van der Waals surface area contributed by atoms with E-state index < -0.39 is 21.7 Å². The number of benzene rings is 3. The Bertz CT molecular complexity index is 1630. The van der Waals surface area contributed by atoms with Crippen molar-refractivity contribution in [3.05, 3.63) is 112 Å². The number of carbonyl (C=O) groups is 1. The molecule has 4 aromatic rings. The molecule has 0 saturated carbocycles. The average molecular weight is 547 g/mol. The second-order valence-electron chi connectivity index (χ2n) is 8.83. The molecule has 7 nitrogen and oxygen atoms in total. The van der Waals surface area contributed by atoms with Crippen LogP contribution in [-0.2, 0) is 29.5 Å².